The van der Waals surface area contributed by atoms with Crippen molar-refractivity contribution < 1.29 is 0 Å². The smallest absolute Gasteiger partial charge is 0.112 e. The molecule has 0 heterocycles. The largest absolute Gasteiger partial charge is 0.252 e. The van der Waals surface area contributed by atoms with E-state index in [0.717, 1.165) is 0 Å². The normalized spacial score (nSPS) is 12.2. The minimum Gasteiger partial charge on any atom is -0.252 e. The molecule has 0 fully saturated rings. The summed E-state index contributed by atoms with van der Waals surface area (Å²) in [5, 5.41) is 2.37. The molecule has 0 N–H and O–H groups in total. The van der Waals surface area contributed by atoms with Crippen LogP contribution in [0.4, 0.5) is 0 Å². The van der Waals surface area contributed by atoms with Gasteiger partial charge in [-0.3, -0.25) is 4.52 Å². The van der Waals surface area contributed by atoms with Gasteiger partial charge < -0.3 is 0 Å². The maximum Gasteiger partial charge on any atom is 0.112 e. The molecule has 0 saturated carbocycles. The van der Waals surface area contributed by atoms with Crippen molar-refractivity contribution in [2.24, 2.45) is 4.52 Å². The van der Waals surface area contributed by atoms with Crippen LogP contribution in [0.5, 0.6) is 0 Å². The predicted octanol–water partition coefficient (Wildman–Crippen LogP) is 4.77. The second kappa shape index (κ2) is 6.62. The van der Waals surface area contributed by atoms with Crippen molar-refractivity contribution in [1.82, 2.24) is 0 Å². The van der Waals surface area contributed by atoms with Crippen molar-refractivity contribution in [3.63, 3.8) is 0 Å². The summed E-state index contributed by atoms with van der Waals surface area (Å²) >= 11 is 7.96. The van der Waals surface area contributed by atoms with E-state index in [9.17, 15) is 0 Å². The molecule has 0 spiro atoms. The predicted molar refractivity (Wildman–Crippen MR) is 101 cm³/mol. The molecular formula is C15H19NP2S2. The highest BCUT2D eigenvalue weighted by Crippen LogP contribution is 2.63. The molecule has 0 atom stereocenters. The van der Waals surface area contributed by atoms with Crippen LogP contribution in [0, 0.1) is 0 Å². The van der Waals surface area contributed by atoms with Crippen molar-refractivity contribution in [2.45, 2.75) is 0 Å². The minimum atomic E-state index is -2.08. The van der Waals surface area contributed by atoms with E-state index in [4.69, 9.17) is 16.3 Å². The third-order valence-corrected chi connectivity index (χ3v) is 13.9. The Morgan fingerprint density at radius 3 is 1.60 bits per heavy atom. The van der Waals surface area contributed by atoms with Crippen LogP contribution in [0.2, 0.25) is 0 Å². The minimum absolute atomic E-state index is 1.18. The van der Waals surface area contributed by atoms with Gasteiger partial charge >= 0.3 is 0 Å². The molecule has 2 aromatic rings. The molecule has 2 aromatic carbocycles. The molecule has 0 unspecified atom stereocenters. The van der Waals surface area contributed by atoms with Crippen LogP contribution in [0.25, 0.3) is 0 Å². The SMILES string of the molecule is CSP(C)(C)=NP(=S)(c1ccccc1)c1ccccc1. The first kappa shape index (κ1) is 16.0. The van der Waals surface area contributed by atoms with Crippen LogP contribution in [0.1, 0.15) is 0 Å². The first-order chi connectivity index (χ1) is 9.48. The summed E-state index contributed by atoms with van der Waals surface area (Å²) in [5.74, 6) is 0. The number of hydrogen-bond donors (Lipinski definition) is 0. The molecule has 0 saturated heterocycles. The zero-order valence-corrected chi connectivity index (χ0v) is 15.4. The van der Waals surface area contributed by atoms with Gasteiger partial charge in [-0.05, 0) is 19.6 Å². The van der Waals surface area contributed by atoms with Gasteiger partial charge in [0.2, 0.25) is 0 Å². The first-order valence-corrected chi connectivity index (χ1v) is 13.6. The molecule has 5 heteroatoms. The van der Waals surface area contributed by atoms with Crippen molar-refractivity contribution in [2.75, 3.05) is 19.6 Å². The van der Waals surface area contributed by atoms with E-state index in [2.05, 4.69) is 68.1 Å². The molecule has 0 bridgehead atoms. The maximum atomic E-state index is 6.11. The fraction of sp³-hybridized carbons (Fsp3) is 0.200. The van der Waals surface area contributed by atoms with Gasteiger partial charge in [-0.25, -0.2) is 0 Å². The molecule has 0 radical (unpaired) electrons. The van der Waals surface area contributed by atoms with E-state index in [0.29, 0.717) is 0 Å². The quantitative estimate of drug-likeness (QED) is 0.744. The second-order valence-electron chi connectivity index (χ2n) is 4.81. The van der Waals surface area contributed by atoms with E-state index < -0.39 is 12.4 Å². The Labute approximate surface area is 131 Å². The molecule has 0 aliphatic carbocycles. The van der Waals surface area contributed by atoms with E-state index >= 15 is 0 Å². The Kier molecular flexibility index (Phi) is 5.31. The lowest BCUT2D eigenvalue weighted by atomic mass is 10.4. The van der Waals surface area contributed by atoms with Gasteiger partial charge in [0.15, 0.2) is 0 Å². The average molecular weight is 339 g/mol. The van der Waals surface area contributed by atoms with Crippen LogP contribution in [-0.2, 0) is 11.8 Å². The summed E-state index contributed by atoms with van der Waals surface area (Å²) in [6, 6.07) is 20.8. The summed E-state index contributed by atoms with van der Waals surface area (Å²) < 4.78 is 5.20. The Morgan fingerprint density at radius 2 is 1.25 bits per heavy atom. The lowest BCUT2D eigenvalue weighted by molar-refractivity contribution is 1.73. The molecule has 106 valence electrons. The van der Waals surface area contributed by atoms with Gasteiger partial charge in [0, 0.05) is 16.9 Å². The standard InChI is InChI=1S/C15H19NP2S2/c1-17(2,20-3)16-18(19,14-10-6-4-7-11-14)15-12-8-5-9-13-15/h4-13H,1-3H3. The van der Waals surface area contributed by atoms with Crippen LogP contribution in [-0.4, -0.2) is 19.6 Å². The van der Waals surface area contributed by atoms with E-state index in [1.165, 1.54) is 10.6 Å². The summed E-state index contributed by atoms with van der Waals surface area (Å²) in [5.41, 5.74) is 0. The Bertz CT molecular complexity index is 619. The molecule has 0 aromatic heterocycles. The summed E-state index contributed by atoms with van der Waals surface area (Å²) in [7, 11) is 0. The van der Waals surface area contributed by atoms with Crippen molar-refractivity contribution in [1.29, 1.82) is 0 Å². The fourth-order valence-corrected chi connectivity index (χ4v) is 11.3. The highest BCUT2D eigenvalue weighted by Gasteiger charge is 2.23. The monoisotopic (exact) mass is 339 g/mol. The van der Waals surface area contributed by atoms with Crippen LogP contribution < -0.4 is 10.6 Å². The maximum absolute atomic E-state index is 6.11. The number of benzene rings is 2. The van der Waals surface area contributed by atoms with E-state index in [1.807, 2.05) is 23.5 Å². The lowest BCUT2D eigenvalue weighted by Crippen LogP contribution is -2.13. The van der Waals surface area contributed by atoms with Crippen LogP contribution in [0.3, 0.4) is 0 Å². The molecule has 0 aliphatic rings. The molecular weight excluding hydrogens is 320 g/mol. The van der Waals surface area contributed by atoms with Crippen molar-refractivity contribution in [3.05, 3.63) is 60.7 Å². The van der Waals surface area contributed by atoms with Crippen molar-refractivity contribution >= 4 is 46.2 Å². The highest BCUT2D eigenvalue weighted by molar-refractivity contribution is 8.59. The molecule has 2 rings (SSSR count). The molecule has 0 aliphatic heterocycles. The van der Waals surface area contributed by atoms with E-state index in [-0.39, 0.29) is 0 Å². The Morgan fingerprint density at radius 1 is 0.850 bits per heavy atom. The Balaban J connectivity index is 2.69. The zero-order valence-electron chi connectivity index (χ0n) is 11.9. The molecule has 20 heavy (non-hydrogen) atoms. The van der Waals surface area contributed by atoms with Crippen LogP contribution in [0.15, 0.2) is 65.2 Å². The lowest BCUT2D eigenvalue weighted by Gasteiger charge is -2.23. The van der Waals surface area contributed by atoms with Gasteiger partial charge in [-0.15, -0.1) is 11.4 Å². The number of nitrogens with zero attached hydrogens (tertiary/aromatic N) is 1. The van der Waals surface area contributed by atoms with Crippen LogP contribution >= 0.6 is 23.8 Å². The van der Waals surface area contributed by atoms with Gasteiger partial charge in [-0.2, -0.15) is 0 Å². The molecule has 1 nitrogen and oxygen atoms in total. The highest BCUT2D eigenvalue weighted by atomic mass is 32.7. The summed E-state index contributed by atoms with van der Waals surface area (Å²) in [4.78, 5) is 0. The molecule has 0 amide bonds. The van der Waals surface area contributed by atoms with Gasteiger partial charge in [0.1, 0.15) is 6.19 Å². The zero-order chi connectivity index (χ0) is 14.6. The summed E-state index contributed by atoms with van der Waals surface area (Å²) in [6.45, 7) is 4.48. The summed E-state index contributed by atoms with van der Waals surface area (Å²) in [6.07, 6.45) is -1.33. The number of hydrogen-bond acceptors (Lipinski definition) is 2. The first-order valence-electron chi connectivity index (χ1n) is 6.34. The third-order valence-electron chi connectivity index (χ3n) is 3.00. The van der Waals surface area contributed by atoms with E-state index in [1.54, 1.807) is 0 Å². The Hall–Kier alpha value is -0.330. The second-order valence-corrected chi connectivity index (χ2v) is 16.0. The average Bonchev–Trinajstić information content (AvgIpc) is 2.48. The van der Waals surface area contributed by atoms with Gasteiger partial charge in [0.05, 0.1) is 0 Å². The third kappa shape index (κ3) is 3.65. The number of rotatable bonds is 4. The van der Waals surface area contributed by atoms with Crippen molar-refractivity contribution in [3.8, 4) is 0 Å². The van der Waals surface area contributed by atoms with Gasteiger partial charge in [-0.1, -0.05) is 72.5 Å². The fourth-order valence-electron chi connectivity index (χ4n) is 1.85. The topological polar surface area (TPSA) is 12.4 Å². The van der Waals surface area contributed by atoms with Gasteiger partial charge in [0.25, 0.3) is 0 Å².